The van der Waals surface area contributed by atoms with Crippen LogP contribution in [-0.4, -0.2) is 80.1 Å². The first-order valence-corrected chi connectivity index (χ1v) is 15.7. The van der Waals surface area contributed by atoms with Crippen LogP contribution in [0.25, 0.3) is 0 Å². The van der Waals surface area contributed by atoms with Gasteiger partial charge >= 0.3 is 0 Å². The van der Waals surface area contributed by atoms with Crippen molar-refractivity contribution in [3.05, 3.63) is 59.0 Å². The second kappa shape index (κ2) is 12.4. The molecule has 2 aliphatic rings. The fraction of sp³-hybridized carbons (Fsp3) is 0.467. The number of rotatable bonds is 9. The molecule has 0 unspecified atom stereocenters. The van der Waals surface area contributed by atoms with Crippen LogP contribution < -0.4 is 18.9 Å². The van der Waals surface area contributed by atoms with Gasteiger partial charge < -0.3 is 28.7 Å². The first-order valence-electron chi connectivity index (χ1n) is 14.2. The molecule has 2 N–H and O–H groups in total. The second-order valence-corrected chi connectivity index (χ2v) is 13.0. The van der Waals surface area contributed by atoms with Crippen molar-refractivity contribution in [2.24, 2.45) is 5.92 Å². The normalized spacial score (nSPS) is 19.3. The summed E-state index contributed by atoms with van der Waals surface area (Å²) in [4.78, 5) is 17.3. The van der Waals surface area contributed by atoms with Crippen molar-refractivity contribution in [1.82, 2.24) is 15.0 Å². The van der Waals surface area contributed by atoms with Crippen LogP contribution in [0, 0.1) is 19.8 Å². The molecule has 0 saturated carbocycles. The summed E-state index contributed by atoms with van der Waals surface area (Å²) in [6.45, 7) is 8.53. The van der Waals surface area contributed by atoms with E-state index in [4.69, 9.17) is 18.7 Å². The lowest BCUT2D eigenvalue weighted by Crippen LogP contribution is -2.47. The van der Waals surface area contributed by atoms with Gasteiger partial charge in [0.2, 0.25) is 12.7 Å². The smallest absolute Gasteiger partial charge is 0.267 e. The number of aryl methyl sites for hydroxylation is 2. The number of aromatic nitrogens is 1. The van der Waals surface area contributed by atoms with Crippen LogP contribution in [0.15, 0.2) is 45.8 Å². The van der Waals surface area contributed by atoms with E-state index in [-0.39, 0.29) is 59.8 Å². The number of carbonyl (C=O) groups is 1. The Hall–Kier alpha value is -3.81. The van der Waals surface area contributed by atoms with Gasteiger partial charge in [0.25, 0.3) is 10.0 Å². The zero-order chi connectivity index (χ0) is 30.9. The molecule has 0 fully saturated rings. The van der Waals surface area contributed by atoms with Gasteiger partial charge in [0, 0.05) is 36.8 Å². The second-order valence-electron chi connectivity index (χ2n) is 11.4. The van der Waals surface area contributed by atoms with Crippen LogP contribution in [0.1, 0.15) is 36.4 Å². The molecule has 2 aromatic carbocycles. The molecular weight excluding hydrogens is 576 g/mol. The van der Waals surface area contributed by atoms with E-state index in [1.54, 1.807) is 36.9 Å². The maximum Gasteiger partial charge on any atom is 0.267 e. The quantitative estimate of drug-likeness (QED) is 0.369. The lowest BCUT2D eigenvalue weighted by Gasteiger charge is -2.34. The van der Waals surface area contributed by atoms with Crippen molar-refractivity contribution in [1.29, 1.82) is 0 Å². The summed E-state index contributed by atoms with van der Waals surface area (Å²) in [5, 5.41) is 13.7. The number of anilines is 1. The van der Waals surface area contributed by atoms with Crippen LogP contribution in [0.4, 0.5) is 5.69 Å². The van der Waals surface area contributed by atoms with Crippen molar-refractivity contribution in [3.8, 4) is 17.2 Å². The zero-order valence-corrected chi connectivity index (χ0v) is 25.8. The maximum atomic E-state index is 13.5. The molecular formula is C30H38N4O8S. The van der Waals surface area contributed by atoms with Crippen LogP contribution in [0.5, 0.6) is 17.2 Å². The molecule has 3 atom stereocenters. The minimum absolute atomic E-state index is 0.0208. The predicted octanol–water partition coefficient (Wildman–Crippen LogP) is 3.10. The molecule has 13 heteroatoms. The average Bonchev–Trinajstić information content (AvgIpc) is 3.57. The molecule has 12 nitrogen and oxygen atoms in total. The van der Waals surface area contributed by atoms with E-state index in [1.165, 1.54) is 6.92 Å². The first-order chi connectivity index (χ1) is 20.4. The highest BCUT2D eigenvalue weighted by Crippen LogP contribution is 2.34. The maximum absolute atomic E-state index is 13.5. The summed E-state index contributed by atoms with van der Waals surface area (Å²) in [5.41, 5.74) is 2.13. The van der Waals surface area contributed by atoms with Crippen molar-refractivity contribution < 1.29 is 37.1 Å². The fourth-order valence-electron chi connectivity index (χ4n) is 5.50. The Morgan fingerprint density at radius 3 is 2.60 bits per heavy atom. The van der Waals surface area contributed by atoms with Crippen molar-refractivity contribution in [2.45, 2.75) is 57.7 Å². The summed E-state index contributed by atoms with van der Waals surface area (Å²) in [7, 11) is -1.99. The Balaban J connectivity index is 1.41. The van der Waals surface area contributed by atoms with E-state index >= 15 is 0 Å². The number of aliphatic hydroxyl groups is 1. The summed E-state index contributed by atoms with van der Waals surface area (Å²) in [6.07, 6.45) is -0.338. The number of amides is 1. The average molecular weight is 615 g/mol. The fourth-order valence-corrected chi connectivity index (χ4v) is 6.88. The topological polar surface area (TPSA) is 144 Å². The number of nitrogens with one attached hydrogen (secondary N) is 1. The SMILES string of the molecule is Cc1noc(C)c1S(=O)(=O)Nc1ccc2c(c1)CC(=O)N([C@H](C)CO)C[C@H](C)[C@@H](CN(C)Cc1ccc3c(c1)OCO3)O2. The van der Waals surface area contributed by atoms with Crippen molar-refractivity contribution in [2.75, 3.05) is 38.3 Å². The highest BCUT2D eigenvalue weighted by atomic mass is 32.2. The molecule has 5 rings (SSSR count). The van der Waals surface area contributed by atoms with Gasteiger partial charge in [-0.1, -0.05) is 18.1 Å². The van der Waals surface area contributed by atoms with Gasteiger partial charge in [-0.05, 0) is 63.7 Å². The number of likely N-dealkylation sites (N-methyl/N-ethyl adjacent to an activating group) is 1. The molecule has 1 aromatic heterocycles. The third-order valence-corrected chi connectivity index (χ3v) is 9.41. The van der Waals surface area contributed by atoms with Crippen LogP contribution >= 0.6 is 0 Å². The van der Waals surface area contributed by atoms with Crippen LogP contribution in [-0.2, 0) is 27.8 Å². The van der Waals surface area contributed by atoms with Crippen molar-refractivity contribution in [3.63, 3.8) is 0 Å². The summed E-state index contributed by atoms with van der Waals surface area (Å²) in [5.74, 6) is 1.87. The highest BCUT2D eigenvalue weighted by Gasteiger charge is 2.32. The first kappa shape index (κ1) is 30.6. The monoisotopic (exact) mass is 614 g/mol. The number of hydrogen-bond acceptors (Lipinski definition) is 10. The van der Waals surface area contributed by atoms with Gasteiger partial charge in [0.1, 0.15) is 17.5 Å². The molecule has 3 heterocycles. The molecule has 0 aliphatic carbocycles. The third-order valence-electron chi connectivity index (χ3n) is 7.79. The Bertz CT molecular complexity index is 1570. The molecule has 0 spiro atoms. The summed E-state index contributed by atoms with van der Waals surface area (Å²) in [6, 6.07) is 10.4. The molecule has 2 aliphatic heterocycles. The number of nitrogens with zero attached hydrogens (tertiary/aromatic N) is 3. The Morgan fingerprint density at radius 2 is 1.88 bits per heavy atom. The molecule has 1 amide bonds. The molecule has 3 aromatic rings. The van der Waals surface area contributed by atoms with E-state index < -0.39 is 16.1 Å². The predicted molar refractivity (Wildman–Crippen MR) is 158 cm³/mol. The van der Waals surface area contributed by atoms with E-state index in [1.807, 2.05) is 32.2 Å². The molecule has 0 radical (unpaired) electrons. The number of sulfonamides is 1. The highest BCUT2D eigenvalue weighted by molar-refractivity contribution is 7.92. The van der Waals surface area contributed by atoms with Gasteiger partial charge in [-0.15, -0.1) is 0 Å². The van der Waals surface area contributed by atoms with E-state index in [9.17, 15) is 18.3 Å². The van der Waals surface area contributed by atoms with Crippen LogP contribution in [0.3, 0.4) is 0 Å². The Labute approximate surface area is 251 Å². The van der Waals surface area contributed by atoms with Crippen molar-refractivity contribution >= 4 is 21.6 Å². The summed E-state index contributed by atoms with van der Waals surface area (Å²) < 4.78 is 51.5. The lowest BCUT2D eigenvalue weighted by atomic mass is 10.0. The van der Waals surface area contributed by atoms with Gasteiger partial charge in [0.05, 0.1) is 19.1 Å². The van der Waals surface area contributed by atoms with E-state index in [2.05, 4.69) is 14.8 Å². The summed E-state index contributed by atoms with van der Waals surface area (Å²) >= 11 is 0. The number of ether oxygens (including phenoxy) is 3. The number of carbonyl (C=O) groups excluding carboxylic acids is 1. The molecule has 0 saturated heterocycles. The van der Waals surface area contributed by atoms with E-state index in [0.29, 0.717) is 30.9 Å². The molecule has 0 bridgehead atoms. The Kier molecular flexibility index (Phi) is 8.86. The Morgan fingerprint density at radius 1 is 1.14 bits per heavy atom. The third kappa shape index (κ3) is 6.73. The van der Waals surface area contributed by atoms with Crippen LogP contribution in [0.2, 0.25) is 0 Å². The van der Waals surface area contributed by atoms with Gasteiger partial charge in [-0.3, -0.25) is 14.4 Å². The molecule has 43 heavy (non-hydrogen) atoms. The minimum atomic E-state index is -3.99. The lowest BCUT2D eigenvalue weighted by molar-refractivity contribution is -0.134. The van der Waals surface area contributed by atoms with E-state index in [0.717, 1.165) is 17.1 Å². The number of hydrogen-bond donors (Lipinski definition) is 2. The largest absolute Gasteiger partial charge is 0.488 e. The van der Waals surface area contributed by atoms with Gasteiger partial charge in [0.15, 0.2) is 22.2 Å². The van der Waals surface area contributed by atoms with Gasteiger partial charge in [-0.25, -0.2) is 8.42 Å². The molecule has 232 valence electrons. The van der Waals surface area contributed by atoms with Gasteiger partial charge in [-0.2, -0.15) is 0 Å². The minimum Gasteiger partial charge on any atom is -0.488 e. The number of fused-ring (bicyclic) bond motifs is 2. The standard InChI is InChI=1S/C30H38N4O8S/c1-18-13-34(19(2)16-35)29(36)12-23-11-24(32-43(37,38)30-20(3)31-42-21(30)4)7-9-25(23)41-28(18)15-33(5)14-22-6-8-26-27(10-22)40-17-39-26/h6-11,18-19,28,32,35H,12-17H2,1-5H3/t18-,19+,28+/m0/s1. The zero-order valence-electron chi connectivity index (χ0n) is 25.0. The number of benzene rings is 2. The number of aliphatic hydroxyl groups excluding tert-OH is 1.